The van der Waals surface area contributed by atoms with E-state index in [1.54, 1.807) is 20.2 Å². The fourth-order valence-corrected chi connectivity index (χ4v) is 1.94. The maximum Gasteiger partial charge on any atom is 0.272 e. The first-order chi connectivity index (χ1) is 9.88. The van der Waals surface area contributed by atoms with Crippen LogP contribution in [0.15, 0.2) is 34.9 Å². The van der Waals surface area contributed by atoms with Crippen LogP contribution >= 0.6 is 15.9 Å². The first-order valence-electron chi connectivity index (χ1n) is 5.98. The Morgan fingerprint density at radius 1 is 1.38 bits per heavy atom. The molecule has 1 aromatic heterocycles. The lowest BCUT2D eigenvalue weighted by Crippen LogP contribution is -2.22. The van der Waals surface area contributed by atoms with Crippen LogP contribution in [0.25, 0.3) is 0 Å². The third-order valence-corrected chi connectivity index (χ3v) is 3.24. The quantitative estimate of drug-likeness (QED) is 0.861. The molecular weight excluding hydrogens is 341 g/mol. The van der Waals surface area contributed by atoms with Gasteiger partial charge in [-0.2, -0.15) is 0 Å². The van der Waals surface area contributed by atoms with E-state index < -0.39 is 5.82 Å². The molecule has 0 radical (unpaired) electrons. The zero-order valence-electron chi connectivity index (χ0n) is 11.4. The van der Waals surface area contributed by atoms with Crippen LogP contribution in [0.5, 0.6) is 11.5 Å². The van der Waals surface area contributed by atoms with Crippen LogP contribution in [-0.4, -0.2) is 29.9 Å². The topological polar surface area (TPSA) is 68.5 Å². The van der Waals surface area contributed by atoms with Crippen molar-refractivity contribution in [2.24, 2.45) is 0 Å². The molecule has 0 fully saturated rings. The van der Waals surface area contributed by atoms with E-state index in [0.717, 1.165) is 0 Å². The van der Waals surface area contributed by atoms with Gasteiger partial charge in [0.15, 0.2) is 5.75 Å². The van der Waals surface area contributed by atoms with E-state index in [9.17, 15) is 9.18 Å². The average Bonchev–Trinajstić information content (AvgIpc) is 2.44. The van der Waals surface area contributed by atoms with Crippen LogP contribution in [0, 0.1) is 5.82 Å². The number of rotatable bonds is 3. The molecule has 21 heavy (non-hydrogen) atoms. The maximum atomic E-state index is 13.5. The Labute approximate surface area is 129 Å². The van der Waals surface area contributed by atoms with Gasteiger partial charge >= 0.3 is 0 Å². The fraction of sp³-hybridized carbons (Fsp3) is 0.143. The molecule has 0 bridgehead atoms. The minimum Gasteiger partial charge on any atom is -0.455 e. The highest BCUT2D eigenvalue weighted by Gasteiger charge is 2.12. The summed E-state index contributed by atoms with van der Waals surface area (Å²) in [6, 6.07) is 5.62. The number of halogens is 2. The van der Waals surface area contributed by atoms with E-state index >= 15 is 0 Å². The Balaban J connectivity index is 2.30. The van der Waals surface area contributed by atoms with E-state index in [0.29, 0.717) is 5.75 Å². The van der Waals surface area contributed by atoms with Crippen molar-refractivity contribution in [3.63, 3.8) is 0 Å². The smallest absolute Gasteiger partial charge is 0.272 e. The minimum atomic E-state index is -0.488. The molecule has 110 valence electrons. The van der Waals surface area contributed by atoms with E-state index in [-0.39, 0.29) is 27.5 Å². The minimum absolute atomic E-state index is 0.171. The van der Waals surface area contributed by atoms with Gasteiger partial charge in [-0.25, -0.2) is 4.39 Å². The monoisotopic (exact) mass is 353 g/mol. The number of hydrogen-bond donors (Lipinski definition) is 1. The lowest BCUT2D eigenvalue weighted by atomic mass is 10.3. The molecule has 1 heterocycles. The molecule has 0 spiro atoms. The zero-order chi connectivity index (χ0) is 15.6. The van der Waals surface area contributed by atoms with Gasteiger partial charge in [-0.05, 0) is 28.1 Å². The summed E-state index contributed by atoms with van der Waals surface area (Å²) >= 11 is 3.04. The highest BCUT2D eigenvalue weighted by Crippen LogP contribution is 2.32. The largest absolute Gasteiger partial charge is 0.455 e. The molecule has 2 N–H and O–H groups in total. The third-order valence-electron chi connectivity index (χ3n) is 2.64. The second-order valence-corrected chi connectivity index (χ2v) is 5.34. The van der Waals surface area contributed by atoms with Crippen molar-refractivity contribution in [1.82, 2.24) is 9.88 Å². The molecule has 0 aliphatic heterocycles. The molecule has 0 aliphatic carbocycles. The highest BCUT2D eigenvalue weighted by atomic mass is 79.9. The van der Waals surface area contributed by atoms with Gasteiger partial charge in [0.1, 0.15) is 17.3 Å². The van der Waals surface area contributed by atoms with Crippen LogP contribution in [-0.2, 0) is 0 Å². The van der Waals surface area contributed by atoms with Crippen LogP contribution < -0.4 is 10.5 Å². The molecule has 7 heteroatoms. The number of amides is 1. The van der Waals surface area contributed by atoms with Gasteiger partial charge in [-0.15, -0.1) is 0 Å². The summed E-state index contributed by atoms with van der Waals surface area (Å²) in [7, 11) is 3.25. The maximum absolute atomic E-state index is 13.5. The van der Waals surface area contributed by atoms with E-state index in [1.807, 2.05) is 0 Å². The van der Waals surface area contributed by atoms with Gasteiger partial charge in [0, 0.05) is 32.4 Å². The molecule has 0 atom stereocenters. The highest BCUT2D eigenvalue weighted by molar-refractivity contribution is 9.10. The van der Waals surface area contributed by atoms with Gasteiger partial charge in [-0.1, -0.05) is 0 Å². The molecule has 0 unspecified atom stereocenters. The molecule has 1 aromatic carbocycles. The first kappa shape index (κ1) is 15.2. The second-order valence-electron chi connectivity index (χ2n) is 4.48. The van der Waals surface area contributed by atoms with Gasteiger partial charge in [0.05, 0.1) is 10.2 Å². The first-order valence-corrected chi connectivity index (χ1v) is 6.78. The van der Waals surface area contributed by atoms with Crippen molar-refractivity contribution in [2.75, 3.05) is 19.8 Å². The lowest BCUT2D eigenvalue weighted by Gasteiger charge is -2.12. The Morgan fingerprint density at radius 3 is 2.76 bits per heavy atom. The van der Waals surface area contributed by atoms with Gasteiger partial charge < -0.3 is 15.4 Å². The van der Waals surface area contributed by atoms with Crippen molar-refractivity contribution in [3.05, 3.63) is 46.4 Å². The van der Waals surface area contributed by atoms with Gasteiger partial charge in [-0.3, -0.25) is 9.78 Å². The van der Waals surface area contributed by atoms with Crippen LogP contribution in [0.3, 0.4) is 0 Å². The summed E-state index contributed by atoms with van der Waals surface area (Å²) in [6.07, 6.45) is 1.44. The predicted octanol–water partition coefficient (Wildman–Crippen LogP) is 3.06. The van der Waals surface area contributed by atoms with E-state index in [1.165, 1.54) is 29.3 Å². The number of nitrogen functional groups attached to an aromatic ring is 1. The molecular formula is C14H13BrFN3O2. The van der Waals surface area contributed by atoms with Crippen molar-refractivity contribution in [2.45, 2.75) is 0 Å². The number of ether oxygens (including phenoxy) is 1. The van der Waals surface area contributed by atoms with Crippen molar-refractivity contribution in [1.29, 1.82) is 0 Å². The summed E-state index contributed by atoms with van der Waals surface area (Å²) in [4.78, 5) is 17.2. The Morgan fingerprint density at radius 2 is 2.10 bits per heavy atom. The lowest BCUT2D eigenvalue weighted by molar-refractivity contribution is 0.0821. The summed E-state index contributed by atoms with van der Waals surface area (Å²) in [6.45, 7) is 0. The normalized spacial score (nSPS) is 10.3. The molecule has 0 aliphatic rings. The molecule has 0 saturated carbocycles. The summed E-state index contributed by atoms with van der Waals surface area (Å²) in [5.41, 5.74) is 6.28. The van der Waals surface area contributed by atoms with E-state index in [4.69, 9.17) is 10.5 Å². The second kappa shape index (κ2) is 6.09. The van der Waals surface area contributed by atoms with Crippen molar-refractivity contribution in [3.8, 4) is 11.5 Å². The summed E-state index contributed by atoms with van der Waals surface area (Å²) in [5.74, 6) is -0.220. The number of pyridine rings is 1. The number of nitrogens with two attached hydrogens (primary N) is 1. The zero-order valence-corrected chi connectivity index (χ0v) is 13.0. The average molecular weight is 354 g/mol. The SMILES string of the molecule is CN(C)C(=O)c1cc(Oc2cc(F)c(Br)cc2N)ccn1. The van der Waals surface area contributed by atoms with E-state index in [2.05, 4.69) is 20.9 Å². The Kier molecular flexibility index (Phi) is 4.42. The number of carbonyl (C=O) groups is 1. The predicted molar refractivity (Wildman–Crippen MR) is 80.8 cm³/mol. The standard InChI is InChI=1S/C14H13BrFN3O2/c1-19(2)14(20)12-5-8(3-4-18-12)21-13-7-10(16)9(15)6-11(13)17/h3-7H,17H2,1-2H3. The number of anilines is 1. The Hall–Kier alpha value is -2.15. The van der Waals surface area contributed by atoms with Crippen molar-refractivity contribution < 1.29 is 13.9 Å². The molecule has 2 aromatic rings. The molecule has 5 nitrogen and oxygen atoms in total. The van der Waals surface area contributed by atoms with Crippen molar-refractivity contribution >= 4 is 27.5 Å². The number of benzene rings is 1. The number of hydrogen-bond acceptors (Lipinski definition) is 4. The van der Waals surface area contributed by atoms with Crippen LogP contribution in [0.2, 0.25) is 0 Å². The summed E-state index contributed by atoms with van der Waals surface area (Å²) < 4.78 is 19.3. The number of aromatic nitrogens is 1. The molecule has 0 saturated heterocycles. The molecule has 1 amide bonds. The molecule has 2 rings (SSSR count). The third kappa shape index (κ3) is 3.49. The Bertz CT molecular complexity index is 692. The van der Waals surface area contributed by atoms with Crippen LogP contribution in [0.1, 0.15) is 10.5 Å². The van der Waals surface area contributed by atoms with Gasteiger partial charge in [0.2, 0.25) is 0 Å². The van der Waals surface area contributed by atoms with Gasteiger partial charge in [0.25, 0.3) is 5.91 Å². The number of nitrogens with zero attached hydrogens (tertiary/aromatic N) is 2. The fourth-order valence-electron chi connectivity index (χ4n) is 1.58. The summed E-state index contributed by atoms with van der Waals surface area (Å²) in [5, 5.41) is 0. The van der Waals surface area contributed by atoms with Crippen LogP contribution in [0.4, 0.5) is 10.1 Å². The number of carbonyl (C=O) groups excluding carboxylic acids is 1.